The van der Waals surface area contributed by atoms with Gasteiger partial charge in [0.05, 0.1) is 0 Å². The zero-order valence-corrected chi connectivity index (χ0v) is 19.6. The van der Waals surface area contributed by atoms with Gasteiger partial charge in [-0.15, -0.1) is 0 Å². The number of rotatable bonds is 3. The molecule has 2 rings (SSSR count). The molecule has 4 heteroatoms. The van der Waals surface area contributed by atoms with Crippen LogP contribution in [-0.4, -0.2) is 5.98 Å². The van der Waals surface area contributed by atoms with Crippen molar-refractivity contribution in [2.75, 3.05) is 0 Å². The second-order valence-electron chi connectivity index (χ2n) is 6.93. The molecule has 0 aliphatic heterocycles. The Labute approximate surface area is 132 Å². The van der Waals surface area contributed by atoms with E-state index >= 15 is 0 Å². The van der Waals surface area contributed by atoms with Gasteiger partial charge in [-0.1, -0.05) is 0 Å². The molecule has 2 unspecified atom stereocenters. The van der Waals surface area contributed by atoms with Gasteiger partial charge in [0.25, 0.3) is 0 Å². The summed E-state index contributed by atoms with van der Waals surface area (Å²) in [5, 5.41) is 0. The minimum atomic E-state index is -4.07. The topological polar surface area (TPSA) is 0 Å². The van der Waals surface area contributed by atoms with E-state index in [1.807, 2.05) is 0 Å². The summed E-state index contributed by atoms with van der Waals surface area (Å²) in [4.78, 5) is 0. The molecule has 0 aromatic carbocycles. The predicted molar refractivity (Wildman–Crippen MR) is 93.1 cm³/mol. The van der Waals surface area contributed by atoms with Gasteiger partial charge in [0.1, 0.15) is 0 Å². The van der Waals surface area contributed by atoms with Crippen molar-refractivity contribution in [3.8, 4) is 0 Å². The van der Waals surface area contributed by atoms with Crippen LogP contribution in [0.2, 0.25) is 20.4 Å². The van der Waals surface area contributed by atoms with E-state index in [9.17, 15) is 0 Å². The Hall–Kier alpha value is 0.627. The van der Waals surface area contributed by atoms with Crippen molar-refractivity contribution < 1.29 is 15.3 Å². The summed E-state index contributed by atoms with van der Waals surface area (Å²) in [6.45, 7) is 13.5. The van der Waals surface area contributed by atoms with Gasteiger partial charge in [0.2, 0.25) is 0 Å². The fourth-order valence-corrected chi connectivity index (χ4v) is 46.8. The van der Waals surface area contributed by atoms with Crippen molar-refractivity contribution in [3.63, 3.8) is 0 Å². The van der Waals surface area contributed by atoms with Crippen molar-refractivity contribution >= 4 is 23.1 Å². The fourth-order valence-electron chi connectivity index (χ4n) is 3.88. The Balaban J connectivity index is 2.61. The summed E-state index contributed by atoms with van der Waals surface area (Å²) in [6.07, 6.45) is 9.25. The first kappa shape index (κ1) is 17.0. The Kier molecular flexibility index (Phi) is 4.56. The molecule has 0 nitrogen and oxygen atoms in total. The van der Waals surface area contributed by atoms with E-state index in [2.05, 4.69) is 65.1 Å². The van der Waals surface area contributed by atoms with Crippen LogP contribution in [0.5, 0.6) is 0 Å². The molecule has 0 saturated heterocycles. The summed E-state index contributed by atoms with van der Waals surface area (Å²) < 4.78 is 0.662. The van der Waals surface area contributed by atoms with E-state index in [1.165, 1.54) is 22.3 Å². The third kappa shape index (κ3) is 2.45. The van der Waals surface area contributed by atoms with Crippen LogP contribution in [0.3, 0.4) is 0 Å². The maximum atomic E-state index is 7.54. The normalized spacial score (nSPS) is 28.8. The van der Waals surface area contributed by atoms with Crippen LogP contribution in [0.4, 0.5) is 0 Å². The van der Waals surface area contributed by atoms with E-state index in [1.54, 1.807) is 0 Å². The molecule has 0 bridgehead atoms. The standard InChI is InChI=1S/2C7H9.C2H7Si.2ClH.Hf/c2*1-6-3-4-7(2)5-6;1-3-2;;;/h2*3-5H,1-2H3;3H,1-2H3;2*1H;/q;;;;;+2/p-2. The Bertz CT molecular complexity index is 523. The molecule has 111 valence electrons. The van der Waals surface area contributed by atoms with E-state index in [0.717, 1.165) is 0 Å². The van der Waals surface area contributed by atoms with Gasteiger partial charge in [0.15, 0.2) is 0 Å². The van der Waals surface area contributed by atoms with Gasteiger partial charge >= 0.3 is 133 Å². The van der Waals surface area contributed by atoms with Crippen molar-refractivity contribution in [2.45, 2.75) is 48.1 Å². The average Bonchev–Trinajstić information content (AvgIpc) is 2.82. The molecule has 2 aliphatic rings. The van der Waals surface area contributed by atoms with Gasteiger partial charge in [0, 0.05) is 0 Å². The average molecular weight is 495 g/mol. The molecule has 0 saturated carbocycles. The van der Waals surface area contributed by atoms with Crippen LogP contribution in [-0.2, 0) is 15.3 Å². The Morgan fingerprint density at radius 2 is 1.20 bits per heavy atom. The van der Waals surface area contributed by atoms with Crippen LogP contribution in [0.1, 0.15) is 27.7 Å². The van der Waals surface area contributed by atoms with Gasteiger partial charge in [-0.05, 0) is 0 Å². The summed E-state index contributed by atoms with van der Waals surface area (Å²) in [5.74, 6) is -1.17. The van der Waals surface area contributed by atoms with Crippen molar-refractivity contribution in [1.29, 1.82) is 0 Å². The Morgan fingerprint density at radius 3 is 1.40 bits per heavy atom. The van der Waals surface area contributed by atoms with Crippen molar-refractivity contribution in [3.05, 3.63) is 46.6 Å². The first-order chi connectivity index (χ1) is 9.07. The van der Waals surface area contributed by atoms with Gasteiger partial charge in [-0.3, -0.25) is 0 Å². The van der Waals surface area contributed by atoms with Crippen molar-refractivity contribution in [2.24, 2.45) is 0 Å². The number of allylic oxidation sites excluding steroid dienone is 8. The zero-order valence-electron chi connectivity index (χ0n) is 13.3. The summed E-state index contributed by atoms with van der Waals surface area (Å²) in [5.41, 5.74) is 5.42. The molecule has 0 aromatic heterocycles. The molecule has 0 heterocycles. The van der Waals surface area contributed by atoms with Crippen LogP contribution >= 0.6 is 17.2 Å². The van der Waals surface area contributed by atoms with E-state index in [-0.39, 0.29) is 0 Å². The molecule has 0 amide bonds. The van der Waals surface area contributed by atoms with Crippen LogP contribution < -0.4 is 0 Å². The monoisotopic (exact) mass is 495 g/mol. The number of halogens is 2. The molecule has 2 aliphatic carbocycles. The molecule has 2 atom stereocenters. The quantitative estimate of drug-likeness (QED) is 0.401. The predicted octanol–water partition coefficient (Wildman–Crippen LogP) is 6.36. The molecule has 0 N–H and O–H groups in total. The fraction of sp³-hybridized carbons (Fsp3) is 0.500. The zero-order chi connectivity index (χ0) is 15.3. The van der Waals surface area contributed by atoms with E-state index in [4.69, 9.17) is 17.2 Å². The third-order valence-corrected chi connectivity index (χ3v) is 79.0. The summed E-state index contributed by atoms with van der Waals surface area (Å²) in [6, 6.07) is 0. The molecule has 0 radical (unpaired) electrons. The number of hydrogen-bond acceptors (Lipinski definition) is 0. The van der Waals surface area contributed by atoms with Crippen LogP contribution in [0.25, 0.3) is 0 Å². The van der Waals surface area contributed by atoms with Crippen molar-refractivity contribution in [1.82, 2.24) is 0 Å². The molecule has 0 spiro atoms. The molecule has 0 aromatic rings. The second kappa shape index (κ2) is 5.37. The molecule has 0 fully saturated rings. The maximum absolute atomic E-state index is 7.54. The van der Waals surface area contributed by atoms with E-state index < -0.39 is 21.3 Å². The summed E-state index contributed by atoms with van der Waals surface area (Å²) in [7, 11) is 15.1. The molecular formula is C16H25Cl2HfSi. The first-order valence-corrected chi connectivity index (χ1v) is 29.5. The van der Waals surface area contributed by atoms with Gasteiger partial charge in [-0.2, -0.15) is 0 Å². The number of hydrogen-bond donors (Lipinski definition) is 0. The van der Waals surface area contributed by atoms with Crippen LogP contribution in [0, 0.1) is 0 Å². The van der Waals surface area contributed by atoms with Gasteiger partial charge in [-0.25, -0.2) is 0 Å². The van der Waals surface area contributed by atoms with E-state index in [0.29, 0.717) is 7.35 Å². The SMILES string of the molecule is CC1=C[CH]([Hf]([Cl])([Cl])([CH]2C=C(C)C=C2C)[SiH](C)C)C(C)=C1. The Morgan fingerprint density at radius 1 is 0.850 bits per heavy atom. The van der Waals surface area contributed by atoms with Crippen LogP contribution in [0.15, 0.2) is 46.6 Å². The third-order valence-electron chi connectivity index (χ3n) is 5.04. The van der Waals surface area contributed by atoms with Gasteiger partial charge < -0.3 is 0 Å². The second-order valence-corrected chi connectivity index (χ2v) is 66.5. The molecule has 20 heavy (non-hydrogen) atoms. The first-order valence-electron chi connectivity index (χ1n) is 7.37. The summed E-state index contributed by atoms with van der Waals surface area (Å²) >= 11 is -4.07. The minimum absolute atomic E-state index is 0.331. The molecular weight excluding hydrogens is 470 g/mol.